The first-order valence-electron chi connectivity index (χ1n) is 11.1. The summed E-state index contributed by atoms with van der Waals surface area (Å²) in [4.78, 5) is 36.3. The number of thiophene rings is 1. The molecule has 1 aliphatic rings. The van der Waals surface area contributed by atoms with Crippen LogP contribution in [0.4, 0.5) is 4.39 Å². The molecule has 1 fully saturated rings. The average Bonchev–Trinajstić information content (AvgIpc) is 3.28. The monoisotopic (exact) mass is 484 g/mol. The first kappa shape index (κ1) is 23.7. The molecule has 3 N–H and O–H groups in total. The molecular formula is C25H25FN2O5S. The lowest BCUT2D eigenvalue weighted by atomic mass is 9.87. The van der Waals surface area contributed by atoms with E-state index in [9.17, 15) is 18.8 Å². The van der Waals surface area contributed by atoms with Crippen LogP contribution >= 0.6 is 11.3 Å². The zero-order valence-electron chi connectivity index (χ0n) is 18.4. The Labute approximate surface area is 199 Å². The Hall–Kier alpha value is -3.46. The van der Waals surface area contributed by atoms with E-state index < -0.39 is 17.7 Å². The van der Waals surface area contributed by atoms with Crippen LogP contribution in [0.3, 0.4) is 0 Å². The van der Waals surface area contributed by atoms with Crippen LogP contribution in [0.25, 0.3) is 10.1 Å². The summed E-state index contributed by atoms with van der Waals surface area (Å²) in [7, 11) is 0. The van der Waals surface area contributed by atoms with E-state index in [0.29, 0.717) is 30.6 Å². The van der Waals surface area contributed by atoms with Gasteiger partial charge in [-0.3, -0.25) is 14.4 Å². The molecule has 0 saturated heterocycles. The van der Waals surface area contributed by atoms with Crippen molar-refractivity contribution in [1.82, 2.24) is 10.6 Å². The van der Waals surface area contributed by atoms with Crippen molar-refractivity contribution in [3.8, 4) is 5.75 Å². The summed E-state index contributed by atoms with van der Waals surface area (Å²) >= 11 is 1.40. The number of aliphatic carboxylic acids is 1. The third-order valence-electron chi connectivity index (χ3n) is 5.86. The highest BCUT2D eigenvalue weighted by Gasteiger charge is 2.27. The maximum atomic E-state index is 14.5. The zero-order valence-corrected chi connectivity index (χ0v) is 19.2. The maximum Gasteiger partial charge on any atom is 0.306 e. The number of hydrogen-bond donors (Lipinski definition) is 3. The number of carbonyl (C=O) groups excluding carboxylic acids is 2. The quantitative estimate of drug-likeness (QED) is 0.415. The second-order valence-corrected chi connectivity index (χ2v) is 9.32. The summed E-state index contributed by atoms with van der Waals surface area (Å²) in [6.07, 6.45) is 1.86. The Morgan fingerprint density at radius 2 is 1.68 bits per heavy atom. The molecule has 9 heteroatoms. The van der Waals surface area contributed by atoms with Gasteiger partial charge in [0.05, 0.1) is 16.9 Å². The van der Waals surface area contributed by atoms with E-state index in [2.05, 4.69) is 10.6 Å². The second kappa shape index (κ2) is 10.6. The van der Waals surface area contributed by atoms with Crippen LogP contribution in [0.1, 0.15) is 45.7 Å². The van der Waals surface area contributed by atoms with E-state index in [-0.39, 0.29) is 42.3 Å². The fraction of sp³-hybridized carbons (Fsp3) is 0.320. The van der Waals surface area contributed by atoms with Crippen molar-refractivity contribution in [1.29, 1.82) is 0 Å². The summed E-state index contributed by atoms with van der Waals surface area (Å²) in [6, 6.07) is 13.6. The topological polar surface area (TPSA) is 105 Å². The molecule has 4 rings (SSSR count). The van der Waals surface area contributed by atoms with Gasteiger partial charge in [-0.15, -0.1) is 11.3 Å². The van der Waals surface area contributed by atoms with Crippen molar-refractivity contribution in [2.45, 2.75) is 31.8 Å². The Morgan fingerprint density at radius 3 is 2.35 bits per heavy atom. The molecule has 0 bridgehead atoms. The summed E-state index contributed by atoms with van der Waals surface area (Å²) in [5.74, 6) is -2.44. The number of amides is 2. The van der Waals surface area contributed by atoms with Crippen molar-refractivity contribution in [2.24, 2.45) is 5.92 Å². The fourth-order valence-corrected chi connectivity index (χ4v) is 4.96. The largest absolute Gasteiger partial charge is 0.487 e. The van der Waals surface area contributed by atoms with Crippen LogP contribution in [0.5, 0.6) is 5.75 Å². The zero-order chi connectivity index (χ0) is 24.1. The van der Waals surface area contributed by atoms with Crippen LogP contribution < -0.4 is 15.4 Å². The average molecular weight is 485 g/mol. The molecule has 2 amide bonds. The van der Waals surface area contributed by atoms with Crippen LogP contribution in [0.2, 0.25) is 0 Å². The molecule has 2 aromatic carbocycles. The predicted octanol–water partition coefficient (Wildman–Crippen LogP) is 4.22. The van der Waals surface area contributed by atoms with Crippen molar-refractivity contribution in [3.63, 3.8) is 0 Å². The lowest BCUT2D eigenvalue weighted by molar-refractivity contribution is -0.143. The minimum absolute atomic E-state index is 0.0472. The highest BCUT2D eigenvalue weighted by Crippen LogP contribution is 2.29. The molecule has 1 aromatic heterocycles. The van der Waals surface area contributed by atoms with Crippen molar-refractivity contribution < 1.29 is 28.6 Å². The number of fused-ring (bicyclic) bond motifs is 1. The van der Waals surface area contributed by atoms with Crippen LogP contribution in [-0.2, 0) is 4.79 Å². The number of carboxylic acid groups (broad SMARTS) is 1. The molecule has 0 spiro atoms. The molecule has 34 heavy (non-hydrogen) atoms. The highest BCUT2D eigenvalue weighted by atomic mass is 32.1. The Bertz CT molecular complexity index is 1170. The lowest BCUT2D eigenvalue weighted by Gasteiger charge is -2.27. The SMILES string of the molecule is O=C(NCCNC(=O)c1cc2ccccc2s1)c1ccc(OC2CCC(C(=O)O)CC2)c(F)c1. The summed E-state index contributed by atoms with van der Waals surface area (Å²) in [5, 5.41) is 15.5. The van der Waals surface area contributed by atoms with E-state index in [4.69, 9.17) is 9.84 Å². The van der Waals surface area contributed by atoms with Crippen molar-refractivity contribution in [3.05, 3.63) is 64.8 Å². The van der Waals surface area contributed by atoms with E-state index in [0.717, 1.165) is 16.2 Å². The first-order valence-corrected chi connectivity index (χ1v) is 12.0. The van der Waals surface area contributed by atoms with Gasteiger partial charge in [-0.05, 0) is 61.4 Å². The van der Waals surface area contributed by atoms with Crippen LogP contribution in [0, 0.1) is 11.7 Å². The summed E-state index contributed by atoms with van der Waals surface area (Å²) in [5.41, 5.74) is 0.148. The molecule has 7 nitrogen and oxygen atoms in total. The van der Waals surface area contributed by atoms with Gasteiger partial charge in [-0.2, -0.15) is 0 Å². The number of hydrogen-bond acceptors (Lipinski definition) is 5. The van der Waals surface area contributed by atoms with Gasteiger partial charge < -0.3 is 20.5 Å². The van der Waals surface area contributed by atoms with Gasteiger partial charge in [0.25, 0.3) is 11.8 Å². The molecule has 178 valence electrons. The smallest absolute Gasteiger partial charge is 0.306 e. The van der Waals surface area contributed by atoms with E-state index >= 15 is 0 Å². The van der Waals surface area contributed by atoms with E-state index in [1.54, 1.807) is 0 Å². The van der Waals surface area contributed by atoms with Gasteiger partial charge in [-0.1, -0.05) is 18.2 Å². The minimum atomic E-state index is -0.806. The summed E-state index contributed by atoms with van der Waals surface area (Å²) < 4.78 is 21.2. The Morgan fingerprint density at radius 1 is 0.971 bits per heavy atom. The first-order chi connectivity index (χ1) is 16.4. The Kier molecular flexibility index (Phi) is 7.42. The van der Waals surface area contributed by atoms with Crippen molar-refractivity contribution in [2.75, 3.05) is 13.1 Å². The molecule has 0 atom stereocenters. The van der Waals surface area contributed by atoms with Gasteiger partial charge >= 0.3 is 5.97 Å². The van der Waals surface area contributed by atoms with Crippen LogP contribution in [-0.4, -0.2) is 42.1 Å². The molecule has 1 saturated carbocycles. The molecule has 0 unspecified atom stereocenters. The number of rotatable bonds is 8. The van der Waals surface area contributed by atoms with Crippen molar-refractivity contribution >= 4 is 39.2 Å². The van der Waals surface area contributed by atoms with Gasteiger partial charge in [0.2, 0.25) is 0 Å². The lowest BCUT2D eigenvalue weighted by Crippen LogP contribution is -2.34. The molecule has 1 heterocycles. The molecule has 0 aliphatic heterocycles. The normalized spacial score (nSPS) is 17.8. The van der Waals surface area contributed by atoms with Gasteiger partial charge in [0.1, 0.15) is 0 Å². The number of benzene rings is 2. The third-order valence-corrected chi connectivity index (χ3v) is 6.97. The predicted molar refractivity (Wildman–Crippen MR) is 127 cm³/mol. The van der Waals surface area contributed by atoms with E-state index in [1.807, 2.05) is 30.3 Å². The number of carboxylic acids is 1. The standard InChI is InChI=1S/C25H25FN2O5S/c26-19-13-17(7-10-20(19)33-18-8-5-15(6-9-18)25(31)32)23(29)27-11-12-28-24(30)22-14-16-3-1-2-4-21(16)34-22/h1-4,7,10,13-15,18H,5-6,8-9,11-12H2,(H,27,29)(H,28,30)(H,31,32). The van der Waals surface area contributed by atoms with Gasteiger partial charge in [-0.25, -0.2) is 4.39 Å². The third kappa shape index (κ3) is 5.72. The molecule has 3 aromatic rings. The molecule has 0 radical (unpaired) electrons. The number of nitrogens with one attached hydrogen (secondary N) is 2. The Balaban J connectivity index is 1.23. The fourth-order valence-electron chi connectivity index (χ4n) is 3.98. The minimum Gasteiger partial charge on any atom is -0.487 e. The number of halogens is 1. The number of carbonyl (C=O) groups is 3. The molecular weight excluding hydrogens is 459 g/mol. The van der Waals surface area contributed by atoms with Gasteiger partial charge in [0.15, 0.2) is 11.6 Å². The van der Waals surface area contributed by atoms with Crippen LogP contribution in [0.15, 0.2) is 48.5 Å². The number of ether oxygens (including phenoxy) is 1. The highest BCUT2D eigenvalue weighted by molar-refractivity contribution is 7.20. The van der Waals surface area contributed by atoms with E-state index in [1.165, 1.54) is 23.5 Å². The molecule has 1 aliphatic carbocycles. The second-order valence-electron chi connectivity index (χ2n) is 8.24. The maximum absolute atomic E-state index is 14.5. The van der Waals surface area contributed by atoms with Gasteiger partial charge in [0, 0.05) is 23.4 Å². The summed E-state index contributed by atoms with van der Waals surface area (Å²) in [6.45, 7) is 0.434.